The second kappa shape index (κ2) is 7.46. The summed E-state index contributed by atoms with van der Waals surface area (Å²) in [5, 5.41) is 16.0. The summed E-state index contributed by atoms with van der Waals surface area (Å²) in [6.45, 7) is 4.78. The molecule has 1 amide bonds. The minimum atomic E-state index is 0.110. The molecule has 3 N–H and O–H groups in total. The van der Waals surface area contributed by atoms with Gasteiger partial charge in [-0.25, -0.2) is 0 Å². The van der Waals surface area contributed by atoms with E-state index in [0.29, 0.717) is 24.8 Å². The van der Waals surface area contributed by atoms with Crippen LogP contribution in [-0.2, 0) is 11.2 Å². The van der Waals surface area contributed by atoms with Crippen LogP contribution in [0, 0.1) is 0 Å². The first-order valence-corrected chi connectivity index (χ1v) is 7.94. The fourth-order valence-electron chi connectivity index (χ4n) is 2.82. The maximum absolute atomic E-state index is 11.8. The number of benzene rings is 1. The van der Waals surface area contributed by atoms with E-state index in [-0.39, 0.29) is 11.9 Å². The first-order valence-electron chi connectivity index (χ1n) is 7.94. The molecule has 4 nitrogen and oxygen atoms in total. The Labute approximate surface area is 126 Å². The number of hydrogen-bond acceptors (Lipinski definition) is 3. The molecule has 0 aromatic heterocycles. The van der Waals surface area contributed by atoms with Gasteiger partial charge < -0.3 is 15.7 Å². The summed E-state index contributed by atoms with van der Waals surface area (Å²) in [7, 11) is 0. The number of phenols is 1. The normalized spacial score (nSPS) is 18.9. The molecule has 1 aliphatic carbocycles. The Hall–Kier alpha value is -1.55. The molecule has 116 valence electrons. The monoisotopic (exact) mass is 290 g/mol. The van der Waals surface area contributed by atoms with Crippen molar-refractivity contribution in [2.45, 2.75) is 58.0 Å². The van der Waals surface area contributed by atoms with Crippen LogP contribution in [0.25, 0.3) is 0 Å². The molecule has 0 saturated carbocycles. The molecule has 4 heteroatoms. The molecule has 0 fully saturated rings. The van der Waals surface area contributed by atoms with Crippen LogP contribution >= 0.6 is 0 Å². The number of fused-ring (bicyclic) bond motifs is 1. The topological polar surface area (TPSA) is 61.4 Å². The van der Waals surface area contributed by atoms with E-state index in [2.05, 4.69) is 17.6 Å². The highest BCUT2D eigenvalue weighted by atomic mass is 16.3. The molecular weight excluding hydrogens is 264 g/mol. The van der Waals surface area contributed by atoms with Gasteiger partial charge in [0.1, 0.15) is 5.75 Å². The molecule has 2 atom stereocenters. The Kier molecular flexibility index (Phi) is 5.62. The lowest BCUT2D eigenvalue weighted by Crippen LogP contribution is -2.35. The molecule has 0 aliphatic heterocycles. The maximum atomic E-state index is 11.8. The third kappa shape index (κ3) is 4.46. The molecule has 0 heterocycles. The third-order valence-corrected chi connectivity index (χ3v) is 4.20. The van der Waals surface area contributed by atoms with Crippen LogP contribution in [0.4, 0.5) is 0 Å². The van der Waals surface area contributed by atoms with Crippen molar-refractivity contribution >= 4 is 5.91 Å². The highest BCUT2D eigenvalue weighted by Gasteiger charge is 2.20. The van der Waals surface area contributed by atoms with E-state index in [1.54, 1.807) is 6.07 Å². The number of nitrogens with one attached hydrogen (secondary N) is 2. The molecule has 0 saturated heterocycles. The molecule has 2 rings (SSSR count). The van der Waals surface area contributed by atoms with Gasteiger partial charge in [-0.3, -0.25) is 4.79 Å². The van der Waals surface area contributed by atoms with Gasteiger partial charge in [0, 0.05) is 25.0 Å². The average Bonchev–Trinajstić information content (AvgIpc) is 2.46. The Morgan fingerprint density at radius 1 is 1.48 bits per heavy atom. The molecule has 21 heavy (non-hydrogen) atoms. The second-order valence-electron chi connectivity index (χ2n) is 5.91. The standard InChI is InChI=1S/C17H26N2O2/c1-3-12(2)19-17(21)9-10-18-16-6-4-5-13-11-14(20)7-8-15(13)16/h7-8,11-12,16,18,20H,3-6,9-10H2,1-2H3,(H,19,21). The molecule has 0 spiro atoms. The lowest BCUT2D eigenvalue weighted by Gasteiger charge is -2.26. The Bertz CT molecular complexity index is 488. The van der Waals surface area contributed by atoms with Gasteiger partial charge in [0.05, 0.1) is 0 Å². The number of rotatable bonds is 6. The van der Waals surface area contributed by atoms with Crippen molar-refractivity contribution in [3.05, 3.63) is 29.3 Å². The van der Waals surface area contributed by atoms with Crippen LogP contribution in [0.5, 0.6) is 5.75 Å². The van der Waals surface area contributed by atoms with Gasteiger partial charge in [0.25, 0.3) is 0 Å². The first kappa shape index (κ1) is 15.8. The summed E-state index contributed by atoms with van der Waals surface area (Å²) in [5.41, 5.74) is 2.49. The number of carbonyl (C=O) groups is 1. The molecular formula is C17H26N2O2. The zero-order valence-electron chi connectivity index (χ0n) is 13.0. The zero-order chi connectivity index (χ0) is 15.2. The van der Waals surface area contributed by atoms with E-state index >= 15 is 0 Å². The number of phenolic OH excluding ortho intramolecular Hbond substituents is 1. The SMILES string of the molecule is CCC(C)NC(=O)CCNC1CCCc2cc(O)ccc21. The van der Waals surface area contributed by atoms with Crippen LogP contribution in [0.3, 0.4) is 0 Å². The smallest absolute Gasteiger partial charge is 0.221 e. The van der Waals surface area contributed by atoms with Gasteiger partial charge in [0.15, 0.2) is 0 Å². The molecule has 1 aromatic rings. The minimum Gasteiger partial charge on any atom is -0.508 e. The molecule has 1 aromatic carbocycles. The first-order chi connectivity index (χ1) is 10.1. The van der Waals surface area contributed by atoms with Crippen molar-refractivity contribution in [2.24, 2.45) is 0 Å². The summed E-state index contributed by atoms with van der Waals surface area (Å²) < 4.78 is 0. The van der Waals surface area contributed by atoms with E-state index in [4.69, 9.17) is 0 Å². The van der Waals surface area contributed by atoms with Crippen LogP contribution < -0.4 is 10.6 Å². The van der Waals surface area contributed by atoms with Crippen LogP contribution in [0.15, 0.2) is 18.2 Å². The van der Waals surface area contributed by atoms with Gasteiger partial charge in [-0.1, -0.05) is 13.0 Å². The minimum absolute atomic E-state index is 0.110. The maximum Gasteiger partial charge on any atom is 0.221 e. The summed E-state index contributed by atoms with van der Waals surface area (Å²) in [6, 6.07) is 6.15. The number of amides is 1. The molecule has 0 radical (unpaired) electrons. The predicted octanol–water partition coefficient (Wildman–Crippen LogP) is 2.66. The second-order valence-corrected chi connectivity index (χ2v) is 5.91. The fraction of sp³-hybridized carbons (Fsp3) is 0.588. The Morgan fingerprint density at radius 2 is 2.29 bits per heavy atom. The van der Waals surface area contributed by atoms with Gasteiger partial charge in [-0.15, -0.1) is 0 Å². The quantitative estimate of drug-likeness (QED) is 0.755. The van der Waals surface area contributed by atoms with Crippen LogP contribution in [0.1, 0.15) is 56.7 Å². The van der Waals surface area contributed by atoms with Crippen molar-refractivity contribution in [1.29, 1.82) is 0 Å². The van der Waals surface area contributed by atoms with Gasteiger partial charge >= 0.3 is 0 Å². The van der Waals surface area contributed by atoms with Crippen molar-refractivity contribution in [1.82, 2.24) is 10.6 Å². The fourth-order valence-corrected chi connectivity index (χ4v) is 2.82. The van der Waals surface area contributed by atoms with Gasteiger partial charge in [0.2, 0.25) is 5.91 Å². The van der Waals surface area contributed by atoms with Crippen molar-refractivity contribution in [3.8, 4) is 5.75 Å². The van der Waals surface area contributed by atoms with Crippen molar-refractivity contribution < 1.29 is 9.90 Å². The summed E-state index contributed by atoms with van der Waals surface area (Å²) in [4.78, 5) is 11.8. The lowest BCUT2D eigenvalue weighted by molar-refractivity contribution is -0.121. The molecule has 0 bridgehead atoms. The summed E-state index contributed by atoms with van der Waals surface area (Å²) >= 11 is 0. The van der Waals surface area contributed by atoms with E-state index in [1.807, 2.05) is 19.1 Å². The third-order valence-electron chi connectivity index (χ3n) is 4.20. The van der Waals surface area contributed by atoms with Crippen molar-refractivity contribution in [3.63, 3.8) is 0 Å². The zero-order valence-corrected chi connectivity index (χ0v) is 13.0. The van der Waals surface area contributed by atoms with Gasteiger partial charge in [-0.2, -0.15) is 0 Å². The predicted molar refractivity (Wildman–Crippen MR) is 84.3 cm³/mol. The van der Waals surface area contributed by atoms with Crippen LogP contribution in [-0.4, -0.2) is 23.6 Å². The molecule has 1 aliphatic rings. The summed E-state index contributed by atoms with van der Waals surface area (Å²) in [5.74, 6) is 0.445. The van der Waals surface area contributed by atoms with Crippen LogP contribution in [0.2, 0.25) is 0 Å². The van der Waals surface area contributed by atoms with E-state index in [9.17, 15) is 9.90 Å². The average molecular weight is 290 g/mol. The Balaban J connectivity index is 1.84. The number of aromatic hydroxyl groups is 1. The van der Waals surface area contributed by atoms with Crippen molar-refractivity contribution in [2.75, 3.05) is 6.54 Å². The summed E-state index contributed by atoms with van der Waals surface area (Å²) in [6.07, 6.45) is 4.70. The number of aryl methyl sites for hydroxylation is 1. The highest BCUT2D eigenvalue weighted by Crippen LogP contribution is 2.31. The number of hydrogen-bond donors (Lipinski definition) is 3. The van der Waals surface area contributed by atoms with E-state index < -0.39 is 0 Å². The molecule has 2 unspecified atom stereocenters. The van der Waals surface area contributed by atoms with E-state index in [1.165, 1.54) is 11.1 Å². The number of carbonyl (C=O) groups excluding carboxylic acids is 1. The van der Waals surface area contributed by atoms with Gasteiger partial charge in [-0.05, 0) is 55.9 Å². The lowest BCUT2D eigenvalue weighted by atomic mass is 9.87. The highest BCUT2D eigenvalue weighted by molar-refractivity contribution is 5.76. The largest absolute Gasteiger partial charge is 0.508 e. The Morgan fingerprint density at radius 3 is 3.05 bits per heavy atom. The van der Waals surface area contributed by atoms with E-state index in [0.717, 1.165) is 25.7 Å².